The Kier molecular flexibility index (Phi) is 4.29. The van der Waals surface area contributed by atoms with Crippen LogP contribution in [0.1, 0.15) is 36.8 Å². The minimum Gasteiger partial charge on any atom is -0.485 e. The molecule has 6 nitrogen and oxygen atoms in total. The molecule has 0 saturated heterocycles. The van der Waals surface area contributed by atoms with E-state index in [9.17, 15) is 4.79 Å². The molecule has 0 unspecified atom stereocenters. The molecule has 0 radical (unpaired) electrons. The van der Waals surface area contributed by atoms with E-state index in [1.165, 1.54) is 4.68 Å². The highest BCUT2D eigenvalue weighted by Crippen LogP contribution is 2.35. The van der Waals surface area contributed by atoms with Gasteiger partial charge in [-0.1, -0.05) is 24.1 Å². The molecule has 3 rings (SSSR count). The van der Waals surface area contributed by atoms with Crippen molar-refractivity contribution in [2.75, 3.05) is 0 Å². The molecule has 0 spiro atoms. The minimum atomic E-state index is -0.923. The number of benzene rings is 1. The average molecular weight is 322 g/mol. The second kappa shape index (κ2) is 6.36. The van der Waals surface area contributed by atoms with Crippen LogP contribution in [0.4, 0.5) is 0 Å². The van der Waals surface area contributed by atoms with Gasteiger partial charge in [-0.25, -0.2) is 9.67 Å². The highest BCUT2D eigenvalue weighted by atomic mass is 35.5. The predicted molar refractivity (Wildman–Crippen MR) is 80.0 cm³/mol. The number of hydrogen-bond donors (Lipinski definition) is 1. The largest absolute Gasteiger partial charge is 0.485 e. The smallest absolute Gasteiger partial charge is 0.325 e. The predicted octanol–water partition coefficient (Wildman–Crippen LogP) is 2.86. The quantitative estimate of drug-likeness (QED) is 0.885. The first-order valence-electron chi connectivity index (χ1n) is 7.15. The number of carboxylic acid groups (broad SMARTS) is 1. The maximum Gasteiger partial charge on any atom is 0.325 e. The normalized spacial score (nSPS) is 14.6. The number of nitrogens with zero attached hydrogens (tertiary/aromatic N) is 3. The summed E-state index contributed by atoms with van der Waals surface area (Å²) >= 11 is 5.90. The molecule has 0 bridgehead atoms. The zero-order chi connectivity index (χ0) is 15.5. The molecule has 0 atom stereocenters. The highest BCUT2D eigenvalue weighted by Gasteiger charge is 2.26. The zero-order valence-corrected chi connectivity index (χ0v) is 12.7. The van der Waals surface area contributed by atoms with Crippen molar-refractivity contribution in [1.29, 1.82) is 0 Å². The standard InChI is InChI=1S/C15H16ClN3O3/c16-11-5-2-6-12(7-11)22-9-13-17-15(10-3-1-4-10)19(18-13)8-14(20)21/h2,5-7,10H,1,3-4,8-9H2,(H,20,21). The summed E-state index contributed by atoms with van der Waals surface area (Å²) in [6, 6.07) is 7.08. The molecule has 2 aromatic rings. The van der Waals surface area contributed by atoms with E-state index in [1.54, 1.807) is 24.3 Å². The van der Waals surface area contributed by atoms with Crippen LogP contribution >= 0.6 is 11.6 Å². The fourth-order valence-electron chi connectivity index (χ4n) is 2.38. The van der Waals surface area contributed by atoms with Crippen molar-refractivity contribution < 1.29 is 14.6 Å². The van der Waals surface area contributed by atoms with Crippen LogP contribution in [-0.2, 0) is 17.9 Å². The number of carboxylic acids is 1. The van der Waals surface area contributed by atoms with E-state index >= 15 is 0 Å². The molecule has 7 heteroatoms. The number of ether oxygens (including phenoxy) is 1. The number of hydrogen-bond acceptors (Lipinski definition) is 4. The van der Waals surface area contributed by atoms with Gasteiger partial charge in [-0.2, -0.15) is 5.10 Å². The SMILES string of the molecule is O=C(O)Cn1nc(COc2cccc(Cl)c2)nc1C1CCC1. The summed E-state index contributed by atoms with van der Waals surface area (Å²) in [5.41, 5.74) is 0. The van der Waals surface area contributed by atoms with Gasteiger partial charge in [-0.3, -0.25) is 4.79 Å². The number of halogens is 1. The van der Waals surface area contributed by atoms with E-state index in [-0.39, 0.29) is 13.2 Å². The number of aromatic nitrogens is 3. The molecule has 0 amide bonds. The lowest BCUT2D eigenvalue weighted by atomic mass is 9.85. The van der Waals surface area contributed by atoms with E-state index in [2.05, 4.69) is 10.1 Å². The molecule has 1 heterocycles. The van der Waals surface area contributed by atoms with Crippen LogP contribution in [0.25, 0.3) is 0 Å². The van der Waals surface area contributed by atoms with Crippen molar-refractivity contribution >= 4 is 17.6 Å². The van der Waals surface area contributed by atoms with Gasteiger partial charge >= 0.3 is 5.97 Å². The molecule has 116 valence electrons. The van der Waals surface area contributed by atoms with Gasteiger partial charge in [-0.05, 0) is 31.0 Å². The summed E-state index contributed by atoms with van der Waals surface area (Å²) in [4.78, 5) is 15.4. The summed E-state index contributed by atoms with van der Waals surface area (Å²) in [6.45, 7) is 0.0165. The minimum absolute atomic E-state index is 0.171. The summed E-state index contributed by atoms with van der Waals surface area (Å²) in [5, 5.41) is 13.8. The van der Waals surface area contributed by atoms with Crippen LogP contribution in [0.15, 0.2) is 24.3 Å². The summed E-state index contributed by atoms with van der Waals surface area (Å²) in [7, 11) is 0. The summed E-state index contributed by atoms with van der Waals surface area (Å²) in [5.74, 6) is 1.26. The van der Waals surface area contributed by atoms with Crippen molar-refractivity contribution in [2.45, 2.75) is 38.3 Å². The Morgan fingerprint density at radius 1 is 1.45 bits per heavy atom. The summed E-state index contributed by atoms with van der Waals surface area (Å²) in [6.07, 6.45) is 3.22. The molecule has 1 N–H and O–H groups in total. The monoisotopic (exact) mass is 321 g/mol. The van der Waals surface area contributed by atoms with Crippen LogP contribution < -0.4 is 4.74 Å². The first kappa shape index (κ1) is 14.8. The molecule has 1 aromatic carbocycles. The number of rotatable bonds is 6. The van der Waals surface area contributed by atoms with Gasteiger partial charge in [0.25, 0.3) is 0 Å². The van der Waals surface area contributed by atoms with Crippen molar-refractivity contribution in [3.8, 4) is 5.75 Å². The molecular weight excluding hydrogens is 306 g/mol. The second-order valence-corrected chi connectivity index (χ2v) is 5.75. The maximum atomic E-state index is 10.9. The van der Waals surface area contributed by atoms with Gasteiger partial charge in [0.15, 0.2) is 5.82 Å². The van der Waals surface area contributed by atoms with Gasteiger partial charge in [0.05, 0.1) is 0 Å². The Labute approximate surface area is 132 Å². The van der Waals surface area contributed by atoms with Gasteiger partial charge < -0.3 is 9.84 Å². The lowest BCUT2D eigenvalue weighted by molar-refractivity contribution is -0.138. The van der Waals surface area contributed by atoms with Crippen molar-refractivity contribution in [1.82, 2.24) is 14.8 Å². The molecule has 1 aliphatic carbocycles. The van der Waals surface area contributed by atoms with Gasteiger partial charge in [0.1, 0.15) is 24.7 Å². The van der Waals surface area contributed by atoms with E-state index in [4.69, 9.17) is 21.4 Å². The van der Waals surface area contributed by atoms with Crippen LogP contribution in [-0.4, -0.2) is 25.8 Å². The van der Waals surface area contributed by atoms with Crippen LogP contribution in [0.3, 0.4) is 0 Å². The third kappa shape index (κ3) is 3.39. The maximum absolute atomic E-state index is 10.9. The van der Waals surface area contributed by atoms with Crippen molar-refractivity contribution in [2.24, 2.45) is 0 Å². The van der Waals surface area contributed by atoms with Crippen LogP contribution in [0.2, 0.25) is 5.02 Å². The van der Waals surface area contributed by atoms with Gasteiger partial charge in [-0.15, -0.1) is 0 Å². The molecule has 0 aliphatic heterocycles. The van der Waals surface area contributed by atoms with Crippen LogP contribution in [0, 0.1) is 0 Å². The Morgan fingerprint density at radius 2 is 2.27 bits per heavy atom. The lowest BCUT2D eigenvalue weighted by Crippen LogP contribution is -2.19. The molecule has 1 aromatic heterocycles. The summed E-state index contributed by atoms with van der Waals surface area (Å²) < 4.78 is 7.08. The Balaban J connectivity index is 1.73. The average Bonchev–Trinajstić information content (AvgIpc) is 2.77. The van der Waals surface area contributed by atoms with E-state index in [0.717, 1.165) is 25.1 Å². The fraction of sp³-hybridized carbons (Fsp3) is 0.400. The third-order valence-corrected chi connectivity index (χ3v) is 3.90. The fourth-order valence-corrected chi connectivity index (χ4v) is 2.56. The Morgan fingerprint density at radius 3 is 2.91 bits per heavy atom. The lowest BCUT2D eigenvalue weighted by Gasteiger charge is -2.24. The molecular formula is C15H16ClN3O3. The first-order chi connectivity index (χ1) is 10.6. The number of aliphatic carboxylic acids is 1. The number of carbonyl (C=O) groups is 1. The molecule has 1 aliphatic rings. The Bertz CT molecular complexity index is 682. The van der Waals surface area contributed by atoms with E-state index in [1.807, 2.05) is 0 Å². The van der Waals surface area contributed by atoms with Crippen molar-refractivity contribution in [3.05, 3.63) is 40.9 Å². The molecule has 1 saturated carbocycles. The first-order valence-corrected chi connectivity index (χ1v) is 7.53. The third-order valence-electron chi connectivity index (χ3n) is 3.66. The molecule has 22 heavy (non-hydrogen) atoms. The Hall–Kier alpha value is -2.08. The van der Waals surface area contributed by atoms with Crippen LogP contribution in [0.5, 0.6) is 5.75 Å². The van der Waals surface area contributed by atoms with E-state index < -0.39 is 5.97 Å². The second-order valence-electron chi connectivity index (χ2n) is 5.31. The van der Waals surface area contributed by atoms with E-state index in [0.29, 0.717) is 22.5 Å². The molecule has 1 fully saturated rings. The van der Waals surface area contributed by atoms with Gasteiger partial charge in [0, 0.05) is 10.9 Å². The van der Waals surface area contributed by atoms with Crippen molar-refractivity contribution in [3.63, 3.8) is 0 Å². The zero-order valence-electron chi connectivity index (χ0n) is 11.9. The topological polar surface area (TPSA) is 77.2 Å². The van der Waals surface area contributed by atoms with Gasteiger partial charge in [0.2, 0.25) is 0 Å². The highest BCUT2D eigenvalue weighted by molar-refractivity contribution is 6.30.